The van der Waals surface area contributed by atoms with Crippen molar-refractivity contribution in [1.82, 2.24) is 15.1 Å². The maximum Gasteiger partial charge on any atom is 0.220 e. The molecule has 5 heteroatoms. The van der Waals surface area contributed by atoms with Crippen LogP contribution in [0.4, 0.5) is 0 Å². The molecule has 3 aliphatic rings. The first kappa shape index (κ1) is 17.8. The lowest BCUT2D eigenvalue weighted by Gasteiger charge is -2.49. The number of piperazine rings is 1. The van der Waals surface area contributed by atoms with Crippen LogP contribution in [0.2, 0.25) is 0 Å². The van der Waals surface area contributed by atoms with Crippen molar-refractivity contribution in [1.29, 1.82) is 0 Å². The summed E-state index contributed by atoms with van der Waals surface area (Å²) in [6.45, 7) is 4.88. The van der Waals surface area contributed by atoms with Crippen LogP contribution in [0.25, 0.3) is 0 Å². The lowest BCUT2D eigenvalue weighted by atomic mass is 9.86. The zero-order valence-corrected chi connectivity index (χ0v) is 16.1. The second kappa shape index (κ2) is 7.20. The van der Waals surface area contributed by atoms with E-state index in [1.807, 2.05) is 0 Å². The summed E-state index contributed by atoms with van der Waals surface area (Å²) in [4.78, 5) is 16.9. The van der Waals surface area contributed by atoms with Gasteiger partial charge in [-0.2, -0.15) is 0 Å². The summed E-state index contributed by atoms with van der Waals surface area (Å²) in [5.74, 6) is 1.24. The maximum atomic E-state index is 11.8. The number of benzene rings is 1. The average Bonchev–Trinajstić information content (AvgIpc) is 3.01. The van der Waals surface area contributed by atoms with Gasteiger partial charge in [0.1, 0.15) is 5.75 Å². The van der Waals surface area contributed by atoms with Crippen LogP contribution >= 0.6 is 0 Å². The molecule has 2 fully saturated rings. The predicted octanol–water partition coefficient (Wildman–Crippen LogP) is 1.97. The van der Waals surface area contributed by atoms with Crippen LogP contribution in [0.3, 0.4) is 0 Å². The SMILES string of the molecule is COc1cc2c(cc1CN1CCN(C)[C@@]3(CCNC(=O)CC3)C1)CCC2. The topological polar surface area (TPSA) is 44.8 Å². The summed E-state index contributed by atoms with van der Waals surface area (Å²) >= 11 is 0. The van der Waals surface area contributed by atoms with E-state index in [-0.39, 0.29) is 11.4 Å². The van der Waals surface area contributed by atoms with E-state index in [0.29, 0.717) is 6.42 Å². The largest absolute Gasteiger partial charge is 0.496 e. The fourth-order valence-electron chi connectivity index (χ4n) is 5.02. The van der Waals surface area contributed by atoms with Crippen molar-refractivity contribution in [2.24, 2.45) is 0 Å². The Morgan fingerprint density at radius 2 is 1.96 bits per heavy atom. The molecular formula is C21H31N3O2. The number of ether oxygens (including phenoxy) is 1. The second-order valence-corrected chi connectivity index (χ2v) is 8.24. The van der Waals surface area contributed by atoms with Crippen LogP contribution < -0.4 is 10.1 Å². The van der Waals surface area contributed by atoms with Gasteiger partial charge in [0.05, 0.1) is 7.11 Å². The van der Waals surface area contributed by atoms with Crippen molar-refractivity contribution >= 4 is 5.91 Å². The Kier molecular flexibility index (Phi) is 4.93. The summed E-state index contributed by atoms with van der Waals surface area (Å²) in [5.41, 5.74) is 4.40. The zero-order valence-electron chi connectivity index (χ0n) is 16.1. The van der Waals surface area contributed by atoms with Crippen molar-refractivity contribution < 1.29 is 9.53 Å². The fourth-order valence-corrected chi connectivity index (χ4v) is 5.02. The van der Waals surface area contributed by atoms with Crippen LogP contribution in [0.1, 0.15) is 42.4 Å². The van der Waals surface area contributed by atoms with Gasteiger partial charge < -0.3 is 10.1 Å². The number of carbonyl (C=O) groups is 1. The predicted molar refractivity (Wildman–Crippen MR) is 103 cm³/mol. The van der Waals surface area contributed by atoms with Gasteiger partial charge >= 0.3 is 0 Å². The summed E-state index contributed by atoms with van der Waals surface area (Å²) in [7, 11) is 4.01. The fraction of sp³-hybridized carbons (Fsp3) is 0.667. The van der Waals surface area contributed by atoms with Gasteiger partial charge in [-0.25, -0.2) is 0 Å². The van der Waals surface area contributed by atoms with Gasteiger partial charge in [-0.1, -0.05) is 6.07 Å². The van der Waals surface area contributed by atoms with Gasteiger partial charge in [-0.05, 0) is 56.3 Å². The molecule has 2 heterocycles. The average molecular weight is 357 g/mol. The first-order chi connectivity index (χ1) is 12.6. The van der Waals surface area contributed by atoms with Crippen molar-refractivity contribution in [3.8, 4) is 5.75 Å². The van der Waals surface area contributed by atoms with Gasteiger partial charge in [0.2, 0.25) is 5.91 Å². The Morgan fingerprint density at radius 1 is 1.15 bits per heavy atom. The summed E-state index contributed by atoms with van der Waals surface area (Å²) in [6, 6.07) is 4.64. The van der Waals surface area contributed by atoms with E-state index in [1.54, 1.807) is 7.11 Å². The molecule has 1 aliphatic carbocycles. The molecule has 0 radical (unpaired) electrons. The highest BCUT2D eigenvalue weighted by molar-refractivity contribution is 5.76. The van der Waals surface area contributed by atoms with E-state index in [9.17, 15) is 4.79 Å². The van der Waals surface area contributed by atoms with Crippen LogP contribution in [0.15, 0.2) is 12.1 Å². The minimum absolute atomic E-state index is 0.112. The van der Waals surface area contributed by atoms with Crippen LogP contribution in [-0.2, 0) is 24.2 Å². The minimum Gasteiger partial charge on any atom is -0.496 e. The van der Waals surface area contributed by atoms with Crippen LogP contribution in [-0.4, -0.2) is 61.6 Å². The highest BCUT2D eigenvalue weighted by atomic mass is 16.5. The molecule has 1 amide bonds. The van der Waals surface area contributed by atoms with Gasteiger partial charge in [-0.3, -0.25) is 14.6 Å². The van der Waals surface area contributed by atoms with Crippen LogP contribution in [0.5, 0.6) is 5.75 Å². The van der Waals surface area contributed by atoms with Crippen molar-refractivity contribution in [3.63, 3.8) is 0 Å². The van der Waals surface area contributed by atoms with Crippen molar-refractivity contribution in [2.45, 2.75) is 50.6 Å². The van der Waals surface area contributed by atoms with E-state index in [2.05, 4.69) is 34.3 Å². The maximum absolute atomic E-state index is 11.8. The third kappa shape index (κ3) is 3.35. The number of rotatable bonds is 3. The Bertz CT molecular complexity index is 690. The number of carbonyl (C=O) groups excluding carboxylic acids is 1. The molecule has 0 unspecified atom stereocenters. The summed E-state index contributed by atoms with van der Waals surface area (Å²) < 4.78 is 5.71. The third-order valence-electron chi connectivity index (χ3n) is 6.70. The standard InChI is InChI=1S/C21H31N3O2/c1-23-10-11-24(15-21(23)7-6-20(25)22-9-8-21)14-18-12-16-4-3-5-17(16)13-19(18)26-2/h12-13H,3-11,14-15H2,1-2H3,(H,22,25)/t21-/m0/s1. The molecule has 5 nitrogen and oxygen atoms in total. The Balaban J connectivity index is 1.53. The smallest absolute Gasteiger partial charge is 0.220 e. The van der Waals surface area contributed by atoms with Crippen molar-refractivity contribution in [2.75, 3.05) is 40.3 Å². The number of amides is 1. The number of methoxy groups -OCH3 is 1. The Morgan fingerprint density at radius 3 is 2.77 bits per heavy atom. The lowest BCUT2D eigenvalue weighted by molar-refractivity contribution is -0.121. The Labute approximate surface area is 156 Å². The highest BCUT2D eigenvalue weighted by Gasteiger charge is 2.40. The number of nitrogens with one attached hydrogen (secondary N) is 1. The quantitative estimate of drug-likeness (QED) is 0.898. The van der Waals surface area contributed by atoms with Gasteiger partial charge in [0.15, 0.2) is 0 Å². The number of nitrogens with zero attached hydrogens (tertiary/aromatic N) is 2. The van der Waals surface area contributed by atoms with E-state index in [0.717, 1.165) is 51.3 Å². The number of aryl methyl sites for hydroxylation is 2. The number of hydrogen-bond acceptors (Lipinski definition) is 4. The monoisotopic (exact) mass is 357 g/mol. The molecule has 1 aromatic rings. The zero-order chi connectivity index (χ0) is 18.1. The van der Waals surface area contributed by atoms with Gasteiger partial charge in [0.25, 0.3) is 0 Å². The van der Waals surface area contributed by atoms with Gasteiger partial charge in [0, 0.05) is 50.2 Å². The molecule has 1 atom stereocenters. The normalized spacial score (nSPS) is 27.2. The Hall–Kier alpha value is -1.59. The molecule has 1 spiro atoms. The molecule has 0 aromatic heterocycles. The first-order valence-corrected chi connectivity index (χ1v) is 9.99. The molecule has 142 valence electrons. The lowest BCUT2D eigenvalue weighted by Crippen LogP contribution is -2.60. The van der Waals surface area contributed by atoms with Crippen LogP contribution in [0, 0.1) is 0 Å². The molecule has 2 saturated heterocycles. The minimum atomic E-state index is 0.112. The number of likely N-dealkylation sites (N-methyl/N-ethyl adjacent to an activating group) is 1. The van der Waals surface area contributed by atoms with E-state index >= 15 is 0 Å². The third-order valence-corrected chi connectivity index (χ3v) is 6.70. The second-order valence-electron chi connectivity index (χ2n) is 8.24. The molecule has 26 heavy (non-hydrogen) atoms. The number of fused-ring (bicyclic) bond motifs is 1. The summed E-state index contributed by atoms with van der Waals surface area (Å²) in [5, 5.41) is 3.04. The summed E-state index contributed by atoms with van der Waals surface area (Å²) in [6.07, 6.45) is 6.28. The number of hydrogen-bond donors (Lipinski definition) is 1. The van der Waals surface area contributed by atoms with Crippen molar-refractivity contribution in [3.05, 3.63) is 28.8 Å². The van der Waals surface area contributed by atoms with E-state index < -0.39 is 0 Å². The molecular weight excluding hydrogens is 326 g/mol. The van der Waals surface area contributed by atoms with E-state index in [1.165, 1.54) is 36.0 Å². The molecule has 2 aliphatic heterocycles. The molecule has 1 N–H and O–H groups in total. The molecule has 0 saturated carbocycles. The molecule has 1 aromatic carbocycles. The molecule has 4 rings (SSSR count). The first-order valence-electron chi connectivity index (χ1n) is 9.99. The molecule has 0 bridgehead atoms. The highest BCUT2D eigenvalue weighted by Crippen LogP contribution is 2.34. The van der Waals surface area contributed by atoms with Gasteiger partial charge in [-0.15, -0.1) is 0 Å². The van der Waals surface area contributed by atoms with E-state index in [4.69, 9.17) is 4.74 Å².